The number of rotatable bonds is 2. The Kier molecular flexibility index (Phi) is 2.70. The molecule has 1 aromatic carbocycles. The number of likely N-dealkylation sites (tertiary alicyclic amines) is 1. The highest BCUT2D eigenvalue weighted by Crippen LogP contribution is 2.31. The van der Waals surface area contributed by atoms with Gasteiger partial charge >= 0.3 is 0 Å². The van der Waals surface area contributed by atoms with Crippen molar-refractivity contribution in [2.75, 3.05) is 19.6 Å². The van der Waals surface area contributed by atoms with Crippen LogP contribution in [-0.2, 0) is 6.54 Å². The highest BCUT2D eigenvalue weighted by molar-refractivity contribution is 5.15. The van der Waals surface area contributed by atoms with E-state index < -0.39 is 0 Å². The van der Waals surface area contributed by atoms with Gasteiger partial charge in [0.15, 0.2) is 0 Å². The molecule has 2 heterocycles. The van der Waals surface area contributed by atoms with E-state index in [4.69, 9.17) is 0 Å². The zero-order chi connectivity index (χ0) is 11.0. The first kappa shape index (κ1) is 10.3. The lowest BCUT2D eigenvalue weighted by Gasteiger charge is -2.18. The smallest absolute Gasteiger partial charge is 0.0233 e. The largest absolute Gasteiger partial charge is 0.314 e. The Morgan fingerprint density at radius 1 is 1.25 bits per heavy atom. The van der Waals surface area contributed by atoms with Gasteiger partial charge in [0.25, 0.3) is 0 Å². The highest BCUT2D eigenvalue weighted by atomic mass is 15.2. The van der Waals surface area contributed by atoms with Gasteiger partial charge in [-0.1, -0.05) is 30.3 Å². The molecule has 2 aliphatic heterocycles. The van der Waals surface area contributed by atoms with Crippen molar-refractivity contribution in [3.05, 3.63) is 35.9 Å². The summed E-state index contributed by atoms with van der Waals surface area (Å²) in [6.07, 6.45) is 0. The first-order valence-corrected chi connectivity index (χ1v) is 6.32. The summed E-state index contributed by atoms with van der Waals surface area (Å²) in [6, 6.07) is 11.5. The van der Waals surface area contributed by atoms with Gasteiger partial charge in [-0.15, -0.1) is 0 Å². The molecule has 0 aliphatic carbocycles. The van der Waals surface area contributed by atoms with E-state index in [1.807, 2.05) is 0 Å². The molecule has 2 saturated heterocycles. The molecule has 0 radical (unpaired) electrons. The Morgan fingerprint density at radius 3 is 2.81 bits per heavy atom. The molecule has 1 N–H and O–H groups in total. The lowest BCUT2D eigenvalue weighted by atomic mass is 9.95. The van der Waals surface area contributed by atoms with Crippen LogP contribution in [0.15, 0.2) is 30.3 Å². The summed E-state index contributed by atoms with van der Waals surface area (Å²) in [6.45, 7) is 7.22. The van der Waals surface area contributed by atoms with E-state index in [0.29, 0.717) is 6.04 Å². The van der Waals surface area contributed by atoms with Crippen molar-refractivity contribution < 1.29 is 0 Å². The van der Waals surface area contributed by atoms with Gasteiger partial charge in [-0.05, 0) is 30.9 Å². The molecule has 0 bridgehead atoms. The molecule has 0 aromatic heterocycles. The fraction of sp³-hybridized carbons (Fsp3) is 0.571. The number of nitrogens with zero attached hydrogens (tertiary/aromatic N) is 1. The lowest BCUT2D eigenvalue weighted by Crippen LogP contribution is -2.30. The van der Waals surface area contributed by atoms with Gasteiger partial charge < -0.3 is 5.32 Å². The summed E-state index contributed by atoms with van der Waals surface area (Å²) in [7, 11) is 0. The van der Waals surface area contributed by atoms with Crippen molar-refractivity contribution in [1.82, 2.24) is 10.2 Å². The predicted molar refractivity (Wildman–Crippen MR) is 66.2 cm³/mol. The molecule has 0 amide bonds. The Morgan fingerprint density at radius 2 is 2.06 bits per heavy atom. The molecule has 86 valence electrons. The summed E-state index contributed by atoms with van der Waals surface area (Å²) in [5, 5.41) is 3.58. The predicted octanol–water partition coefficient (Wildman–Crippen LogP) is 1.73. The molecule has 16 heavy (non-hydrogen) atoms. The molecule has 1 aromatic rings. The Labute approximate surface area is 97.6 Å². The molecular formula is C14H20N2. The van der Waals surface area contributed by atoms with Crippen molar-refractivity contribution in [3.8, 4) is 0 Å². The van der Waals surface area contributed by atoms with Gasteiger partial charge in [0.1, 0.15) is 0 Å². The molecule has 3 unspecified atom stereocenters. The molecular weight excluding hydrogens is 196 g/mol. The lowest BCUT2D eigenvalue weighted by molar-refractivity contribution is 0.296. The standard InChI is InChI=1S/C14H20N2/c1-11-14-10-16(9-13(14)7-15-11)8-12-5-3-2-4-6-12/h2-6,11,13-15H,7-10H2,1H3. The fourth-order valence-electron chi connectivity index (χ4n) is 3.23. The topological polar surface area (TPSA) is 15.3 Å². The van der Waals surface area contributed by atoms with Crippen LogP contribution >= 0.6 is 0 Å². The average Bonchev–Trinajstić information content (AvgIpc) is 2.83. The van der Waals surface area contributed by atoms with Gasteiger partial charge in [-0.25, -0.2) is 0 Å². The van der Waals surface area contributed by atoms with Crippen LogP contribution in [0.5, 0.6) is 0 Å². The maximum Gasteiger partial charge on any atom is 0.0233 e. The van der Waals surface area contributed by atoms with Crippen LogP contribution in [0.2, 0.25) is 0 Å². The van der Waals surface area contributed by atoms with Gasteiger partial charge in [-0.2, -0.15) is 0 Å². The second-order valence-electron chi connectivity index (χ2n) is 5.30. The average molecular weight is 216 g/mol. The maximum atomic E-state index is 3.58. The number of fused-ring (bicyclic) bond motifs is 1. The second kappa shape index (κ2) is 4.19. The summed E-state index contributed by atoms with van der Waals surface area (Å²) < 4.78 is 0. The van der Waals surface area contributed by atoms with Gasteiger partial charge in [0.2, 0.25) is 0 Å². The second-order valence-corrected chi connectivity index (χ2v) is 5.30. The summed E-state index contributed by atoms with van der Waals surface area (Å²) in [5.41, 5.74) is 1.45. The summed E-state index contributed by atoms with van der Waals surface area (Å²) in [4.78, 5) is 2.61. The van der Waals surface area contributed by atoms with Crippen molar-refractivity contribution in [1.29, 1.82) is 0 Å². The van der Waals surface area contributed by atoms with Crippen molar-refractivity contribution in [2.24, 2.45) is 11.8 Å². The van der Waals surface area contributed by atoms with Crippen LogP contribution in [0, 0.1) is 11.8 Å². The Bertz CT molecular complexity index is 349. The van der Waals surface area contributed by atoms with E-state index >= 15 is 0 Å². The van der Waals surface area contributed by atoms with Crippen LogP contribution in [-0.4, -0.2) is 30.6 Å². The molecule has 3 rings (SSSR count). The zero-order valence-corrected chi connectivity index (χ0v) is 9.89. The van der Waals surface area contributed by atoms with Crippen molar-refractivity contribution >= 4 is 0 Å². The molecule has 2 heteroatoms. The number of benzene rings is 1. The number of hydrogen-bond acceptors (Lipinski definition) is 2. The number of hydrogen-bond donors (Lipinski definition) is 1. The molecule has 2 fully saturated rings. The van der Waals surface area contributed by atoms with Crippen LogP contribution in [0.25, 0.3) is 0 Å². The quantitative estimate of drug-likeness (QED) is 0.810. The van der Waals surface area contributed by atoms with E-state index in [1.54, 1.807) is 0 Å². The van der Waals surface area contributed by atoms with Crippen LogP contribution in [0.1, 0.15) is 12.5 Å². The van der Waals surface area contributed by atoms with Crippen LogP contribution in [0.4, 0.5) is 0 Å². The van der Waals surface area contributed by atoms with E-state index in [2.05, 4.69) is 47.5 Å². The van der Waals surface area contributed by atoms with Crippen LogP contribution < -0.4 is 5.32 Å². The summed E-state index contributed by atoms with van der Waals surface area (Å²) in [5.74, 6) is 1.77. The summed E-state index contributed by atoms with van der Waals surface area (Å²) >= 11 is 0. The van der Waals surface area contributed by atoms with Crippen molar-refractivity contribution in [2.45, 2.75) is 19.5 Å². The van der Waals surface area contributed by atoms with Gasteiger partial charge in [-0.3, -0.25) is 4.90 Å². The van der Waals surface area contributed by atoms with E-state index in [0.717, 1.165) is 18.4 Å². The zero-order valence-electron chi connectivity index (χ0n) is 9.89. The first-order valence-electron chi connectivity index (χ1n) is 6.32. The fourth-order valence-corrected chi connectivity index (χ4v) is 3.23. The van der Waals surface area contributed by atoms with Gasteiger partial charge in [0, 0.05) is 25.7 Å². The van der Waals surface area contributed by atoms with Gasteiger partial charge in [0.05, 0.1) is 0 Å². The van der Waals surface area contributed by atoms with Crippen LogP contribution in [0.3, 0.4) is 0 Å². The first-order chi connectivity index (χ1) is 7.83. The van der Waals surface area contributed by atoms with E-state index in [-0.39, 0.29) is 0 Å². The van der Waals surface area contributed by atoms with Crippen molar-refractivity contribution in [3.63, 3.8) is 0 Å². The Hall–Kier alpha value is -0.860. The normalized spacial score (nSPS) is 34.2. The van der Waals surface area contributed by atoms with E-state index in [1.165, 1.54) is 25.2 Å². The molecule has 0 saturated carbocycles. The Balaban J connectivity index is 1.63. The minimum absolute atomic E-state index is 0.714. The third kappa shape index (κ3) is 1.87. The number of nitrogens with one attached hydrogen (secondary N) is 1. The third-order valence-electron chi connectivity index (χ3n) is 4.16. The minimum Gasteiger partial charge on any atom is -0.314 e. The third-order valence-corrected chi connectivity index (χ3v) is 4.16. The highest BCUT2D eigenvalue weighted by Gasteiger charge is 2.40. The molecule has 2 aliphatic rings. The van der Waals surface area contributed by atoms with E-state index in [9.17, 15) is 0 Å². The maximum absolute atomic E-state index is 3.58. The molecule has 0 spiro atoms. The minimum atomic E-state index is 0.714. The SMILES string of the molecule is CC1NCC2CN(Cc3ccccc3)CC21. The molecule has 2 nitrogen and oxygen atoms in total. The monoisotopic (exact) mass is 216 g/mol. The molecule has 3 atom stereocenters.